The molecule has 0 aliphatic carbocycles. The third-order valence-electron chi connectivity index (χ3n) is 4.95. The van der Waals surface area contributed by atoms with E-state index in [0.29, 0.717) is 18.9 Å². The average molecular weight is 550 g/mol. The standard InChI is InChI=1S/C24H25N3O3S.C2HF3O2/c1-27(16-17-3-7-19(8-4-17)29-14-2-13-25)24-26-22-12-11-21(15-23(22)31-24)30-20-9-5-18(28)6-10-20;3-2(4,5)1(6)7/h3-12,15,28H,2,13-14,16,25H2,1H3;(H,6,7). The molecule has 12 heteroatoms. The number of aromatic hydroxyl groups is 1. The van der Waals surface area contributed by atoms with Gasteiger partial charge in [-0.25, -0.2) is 9.78 Å². The smallest absolute Gasteiger partial charge is 0.490 e. The summed E-state index contributed by atoms with van der Waals surface area (Å²) in [4.78, 5) is 15.8. The Kier molecular flexibility index (Phi) is 9.74. The number of carboxylic acids is 1. The van der Waals surface area contributed by atoms with Gasteiger partial charge in [0.2, 0.25) is 0 Å². The van der Waals surface area contributed by atoms with Crippen LogP contribution in [0.1, 0.15) is 12.0 Å². The van der Waals surface area contributed by atoms with Gasteiger partial charge in [0.05, 0.1) is 16.8 Å². The molecule has 0 fully saturated rings. The van der Waals surface area contributed by atoms with Gasteiger partial charge in [-0.2, -0.15) is 13.2 Å². The number of fused-ring (bicyclic) bond motifs is 1. The molecular weight excluding hydrogens is 523 g/mol. The zero-order valence-electron chi connectivity index (χ0n) is 20.3. The summed E-state index contributed by atoms with van der Waals surface area (Å²) in [5.41, 5.74) is 7.62. The van der Waals surface area contributed by atoms with E-state index in [1.165, 1.54) is 5.56 Å². The van der Waals surface area contributed by atoms with E-state index in [1.54, 1.807) is 35.6 Å². The molecule has 0 bridgehead atoms. The number of halogens is 3. The van der Waals surface area contributed by atoms with Gasteiger partial charge in [-0.1, -0.05) is 23.5 Å². The van der Waals surface area contributed by atoms with Crippen LogP contribution in [0.2, 0.25) is 0 Å². The number of hydrogen-bond acceptors (Lipinski definition) is 8. The van der Waals surface area contributed by atoms with Gasteiger partial charge in [-0.05, 0) is 67.1 Å². The van der Waals surface area contributed by atoms with Gasteiger partial charge in [0.25, 0.3) is 0 Å². The van der Waals surface area contributed by atoms with Gasteiger partial charge in [-0.15, -0.1) is 0 Å². The van der Waals surface area contributed by atoms with Crippen LogP contribution in [0.15, 0.2) is 66.7 Å². The molecule has 4 aromatic rings. The molecule has 0 unspecified atom stereocenters. The second-order valence-electron chi connectivity index (χ2n) is 8.02. The Morgan fingerprint density at radius 2 is 1.63 bits per heavy atom. The molecule has 0 amide bonds. The summed E-state index contributed by atoms with van der Waals surface area (Å²) in [6.45, 7) is 2.02. The number of aromatic nitrogens is 1. The number of carboxylic acid groups (broad SMARTS) is 1. The van der Waals surface area contributed by atoms with E-state index < -0.39 is 12.1 Å². The highest BCUT2D eigenvalue weighted by Crippen LogP contribution is 2.33. The number of thiazole rings is 1. The third-order valence-corrected chi connectivity index (χ3v) is 6.08. The molecule has 38 heavy (non-hydrogen) atoms. The van der Waals surface area contributed by atoms with Crippen LogP contribution in [0.5, 0.6) is 23.0 Å². The SMILES string of the molecule is CN(Cc1ccc(OCCCN)cc1)c1nc2ccc(Oc3ccc(O)cc3)cc2s1.O=C(O)C(F)(F)F. The molecule has 3 aromatic carbocycles. The van der Waals surface area contributed by atoms with Crippen molar-refractivity contribution in [2.45, 2.75) is 19.1 Å². The second-order valence-corrected chi connectivity index (χ2v) is 9.02. The number of aliphatic carboxylic acids is 1. The number of rotatable bonds is 9. The van der Waals surface area contributed by atoms with Crippen LogP contribution in [0.3, 0.4) is 0 Å². The van der Waals surface area contributed by atoms with Crippen LogP contribution >= 0.6 is 11.3 Å². The lowest BCUT2D eigenvalue weighted by molar-refractivity contribution is -0.192. The van der Waals surface area contributed by atoms with Crippen molar-refractivity contribution in [3.8, 4) is 23.0 Å². The Morgan fingerprint density at radius 1 is 1.03 bits per heavy atom. The Morgan fingerprint density at radius 3 is 2.24 bits per heavy atom. The fraction of sp³-hybridized carbons (Fsp3) is 0.231. The van der Waals surface area contributed by atoms with Crippen molar-refractivity contribution in [3.05, 3.63) is 72.3 Å². The highest BCUT2D eigenvalue weighted by Gasteiger charge is 2.38. The van der Waals surface area contributed by atoms with Crippen molar-refractivity contribution < 1.29 is 37.7 Å². The van der Waals surface area contributed by atoms with Gasteiger partial charge >= 0.3 is 12.1 Å². The predicted molar refractivity (Wildman–Crippen MR) is 139 cm³/mol. The Labute approximate surface area is 220 Å². The topological polar surface area (TPSA) is 118 Å². The van der Waals surface area contributed by atoms with E-state index in [-0.39, 0.29) is 5.75 Å². The maximum absolute atomic E-state index is 10.6. The number of nitrogens with two attached hydrogens (primary N) is 1. The summed E-state index contributed by atoms with van der Waals surface area (Å²) < 4.78 is 44.3. The van der Waals surface area contributed by atoms with Crippen molar-refractivity contribution in [1.82, 2.24) is 4.98 Å². The number of anilines is 1. The molecule has 0 atom stereocenters. The highest BCUT2D eigenvalue weighted by atomic mass is 32.1. The summed E-state index contributed by atoms with van der Waals surface area (Å²) in [7, 11) is 2.04. The minimum Gasteiger partial charge on any atom is -0.508 e. The number of benzene rings is 3. The first-order chi connectivity index (χ1) is 18.0. The predicted octanol–water partition coefficient (Wildman–Crippen LogP) is 5.79. The first-order valence-electron chi connectivity index (χ1n) is 11.4. The van der Waals surface area contributed by atoms with Crippen molar-refractivity contribution >= 4 is 32.7 Å². The first kappa shape index (κ1) is 28.5. The van der Waals surface area contributed by atoms with Crippen molar-refractivity contribution in [2.24, 2.45) is 5.73 Å². The monoisotopic (exact) mass is 549 g/mol. The minimum absolute atomic E-state index is 0.215. The number of phenols is 1. The molecule has 8 nitrogen and oxygen atoms in total. The summed E-state index contributed by atoms with van der Waals surface area (Å²) in [5.74, 6) is -0.268. The molecule has 0 spiro atoms. The second kappa shape index (κ2) is 13.0. The summed E-state index contributed by atoms with van der Waals surface area (Å²) >= 11 is 1.63. The number of ether oxygens (including phenoxy) is 2. The van der Waals surface area contributed by atoms with Crippen LogP contribution in [-0.2, 0) is 11.3 Å². The summed E-state index contributed by atoms with van der Waals surface area (Å²) in [5, 5.41) is 17.5. The largest absolute Gasteiger partial charge is 0.508 e. The van der Waals surface area contributed by atoms with Crippen molar-refractivity contribution in [1.29, 1.82) is 0 Å². The Balaban J connectivity index is 0.000000505. The molecule has 0 saturated carbocycles. The number of phenolic OH excluding ortho intramolecular Hbond substituents is 1. The van der Waals surface area contributed by atoms with Crippen LogP contribution in [0.25, 0.3) is 10.2 Å². The normalized spacial score (nSPS) is 11.0. The van der Waals surface area contributed by atoms with E-state index in [9.17, 15) is 18.3 Å². The quantitative estimate of drug-likeness (QED) is 0.225. The number of alkyl halides is 3. The molecule has 0 radical (unpaired) electrons. The van der Waals surface area contributed by atoms with Crippen molar-refractivity contribution in [2.75, 3.05) is 25.1 Å². The molecular formula is C26H26F3N3O5S. The molecule has 4 N–H and O–H groups in total. The molecule has 0 saturated heterocycles. The van der Waals surface area contributed by atoms with E-state index in [4.69, 9.17) is 30.1 Å². The van der Waals surface area contributed by atoms with Gasteiger partial charge in [-0.3, -0.25) is 0 Å². The number of hydrogen-bond donors (Lipinski definition) is 3. The maximum Gasteiger partial charge on any atom is 0.490 e. The molecule has 0 aliphatic rings. The zero-order valence-corrected chi connectivity index (χ0v) is 21.1. The van der Waals surface area contributed by atoms with Gasteiger partial charge in [0.15, 0.2) is 5.13 Å². The van der Waals surface area contributed by atoms with Crippen LogP contribution in [-0.4, -0.2) is 47.5 Å². The minimum atomic E-state index is -5.08. The van der Waals surface area contributed by atoms with E-state index in [2.05, 4.69) is 17.0 Å². The van der Waals surface area contributed by atoms with Gasteiger partial charge in [0, 0.05) is 19.7 Å². The first-order valence-corrected chi connectivity index (χ1v) is 12.2. The maximum atomic E-state index is 10.6. The fourth-order valence-electron chi connectivity index (χ4n) is 3.08. The van der Waals surface area contributed by atoms with E-state index >= 15 is 0 Å². The average Bonchev–Trinajstić information content (AvgIpc) is 3.30. The number of nitrogens with zero attached hydrogens (tertiary/aromatic N) is 2. The van der Waals surface area contributed by atoms with Gasteiger partial charge < -0.3 is 30.3 Å². The van der Waals surface area contributed by atoms with E-state index in [0.717, 1.165) is 39.8 Å². The van der Waals surface area contributed by atoms with Crippen LogP contribution < -0.4 is 20.1 Å². The molecule has 202 valence electrons. The molecule has 0 aliphatic heterocycles. The summed E-state index contributed by atoms with van der Waals surface area (Å²) in [6.07, 6.45) is -4.23. The van der Waals surface area contributed by atoms with Gasteiger partial charge in [0.1, 0.15) is 23.0 Å². The third kappa shape index (κ3) is 8.53. The van der Waals surface area contributed by atoms with E-state index in [1.807, 2.05) is 37.4 Å². The lowest BCUT2D eigenvalue weighted by Gasteiger charge is -2.16. The Bertz CT molecular complexity index is 1330. The molecule has 1 aromatic heterocycles. The highest BCUT2D eigenvalue weighted by molar-refractivity contribution is 7.22. The number of carbonyl (C=O) groups is 1. The van der Waals surface area contributed by atoms with Crippen LogP contribution in [0.4, 0.5) is 18.3 Å². The molecule has 4 rings (SSSR count). The Hall–Kier alpha value is -4.03. The zero-order chi connectivity index (χ0) is 27.7. The lowest BCUT2D eigenvalue weighted by Crippen LogP contribution is -2.21. The summed E-state index contributed by atoms with van der Waals surface area (Å²) in [6, 6.07) is 20.7. The molecule has 1 heterocycles. The van der Waals surface area contributed by atoms with Crippen molar-refractivity contribution in [3.63, 3.8) is 0 Å². The lowest BCUT2D eigenvalue weighted by atomic mass is 10.2. The fourth-order valence-corrected chi connectivity index (χ4v) is 4.03. The van der Waals surface area contributed by atoms with Crippen LogP contribution in [0, 0.1) is 0 Å².